The van der Waals surface area contributed by atoms with Crippen LogP contribution in [0.4, 0.5) is 0 Å². The number of ether oxygens (including phenoxy) is 3. The number of hydrogen-bond donors (Lipinski definition) is 2. The van der Waals surface area contributed by atoms with Gasteiger partial charge in [0.15, 0.2) is 18.1 Å². The predicted molar refractivity (Wildman–Crippen MR) is 173 cm³/mol. The molecular weight excluding hydrogens is 588 g/mol. The Bertz CT molecular complexity index is 1330. The van der Waals surface area contributed by atoms with E-state index in [1.165, 1.54) is 7.11 Å². The second-order valence-electron chi connectivity index (χ2n) is 12.4. The molecule has 11 nitrogen and oxygen atoms in total. The molecule has 1 unspecified atom stereocenters. The average Bonchev–Trinajstić information content (AvgIpc) is 3.86. The topological polar surface area (TPSA) is 127 Å². The first kappa shape index (κ1) is 34.7. The van der Waals surface area contributed by atoms with Gasteiger partial charge in [0.25, 0.3) is 5.91 Å². The molecule has 0 radical (unpaired) electrons. The third kappa shape index (κ3) is 10.5. The smallest absolute Gasteiger partial charge is 0.314 e. The summed E-state index contributed by atoms with van der Waals surface area (Å²) >= 11 is 0. The largest absolute Gasteiger partial charge is 0.493 e. The maximum absolute atomic E-state index is 13.6. The number of carbonyl (C=O) groups excluding carboxylic acids is 4. The van der Waals surface area contributed by atoms with E-state index in [4.69, 9.17) is 14.2 Å². The van der Waals surface area contributed by atoms with Crippen LogP contribution in [0.1, 0.15) is 50.2 Å². The van der Waals surface area contributed by atoms with Gasteiger partial charge in [-0.15, -0.1) is 0 Å². The third-order valence-corrected chi connectivity index (χ3v) is 8.43. The first-order chi connectivity index (χ1) is 22.2. The molecule has 2 N–H and O–H groups in total. The van der Waals surface area contributed by atoms with E-state index in [0.717, 1.165) is 24.0 Å². The SMILES string of the molecule is CCOC(=O)C1(CC2CC2)CNC(=O)CCCN(C(=O)CN(C)Cc2ccccc2)CCNC(=O)COc2cc(ccc2OC)C1. The van der Waals surface area contributed by atoms with Crippen LogP contribution >= 0.6 is 0 Å². The van der Waals surface area contributed by atoms with Gasteiger partial charge in [-0.3, -0.25) is 24.1 Å². The van der Waals surface area contributed by atoms with Crippen molar-refractivity contribution in [2.45, 2.75) is 52.0 Å². The van der Waals surface area contributed by atoms with Crippen LogP contribution in [0, 0.1) is 11.3 Å². The molecule has 2 aromatic rings. The maximum Gasteiger partial charge on any atom is 0.314 e. The molecule has 46 heavy (non-hydrogen) atoms. The van der Waals surface area contributed by atoms with E-state index in [1.54, 1.807) is 24.0 Å². The van der Waals surface area contributed by atoms with Crippen LogP contribution in [-0.4, -0.2) is 93.6 Å². The Hall–Kier alpha value is -4.12. The number of carbonyl (C=O) groups is 4. The lowest BCUT2D eigenvalue weighted by Gasteiger charge is -2.32. The summed E-state index contributed by atoms with van der Waals surface area (Å²) in [6.45, 7) is 3.59. The van der Waals surface area contributed by atoms with Crippen molar-refractivity contribution in [3.63, 3.8) is 0 Å². The van der Waals surface area contributed by atoms with Crippen molar-refractivity contribution < 1.29 is 33.4 Å². The number of methoxy groups -OCH3 is 1. The summed E-state index contributed by atoms with van der Waals surface area (Å²) in [7, 11) is 3.41. The molecule has 1 aliphatic heterocycles. The standard InChI is InChI=1S/C35H48N4O7/c1-4-45-34(43)35(20-26-12-13-26)21-28-14-15-29(44-3)30(19-28)46-24-32(41)36-16-18-39(17-8-11-31(40)37-25-35)33(42)23-38(2)22-27-9-6-5-7-10-27/h5-7,9-10,14-15,19,26H,4,8,11-13,16-18,20-25H2,1-3H3,(H,36,41)(H,37,40). The average molecular weight is 637 g/mol. The minimum absolute atomic E-state index is 0.0916. The lowest BCUT2D eigenvalue weighted by Crippen LogP contribution is -2.46. The highest BCUT2D eigenvalue weighted by molar-refractivity contribution is 5.81. The highest BCUT2D eigenvalue weighted by atomic mass is 16.5. The first-order valence-corrected chi connectivity index (χ1v) is 16.2. The molecule has 3 amide bonds. The molecule has 2 bridgehead atoms. The van der Waals surface area contributed by atoms with Crippen LogP contribution in [0.3, 0.4) is 0 Å². The van der Waals surface area contributed by atoms with Crippen molar-refractivity contribution in [1.82, 2.24) is 20.4 Å². The Morgan fingerprint density at radius 1 is 1.07 bits per heavy atom. The van der Waals surface area contributed by atoms with Gasteiger partial charge in [-0.25, -0.2) is 0 Å². The van der Waals surface area contributed by atoms with Gasteiger partial charge in [-0.05, 0) is 62.4 Å². The number of hydrogen-bond acceptors (Lipinski definition) is 8. The number of nitrogens with zero attached hydrogens (tertiary/aromatic N) is 2. The molecule has 1 heterocycles. The molecule has 250 valence electrons. The van der Waals surface area contributed by atoms with Crippen LogP contribution in [0.15, 0.2) is 48.5 Å². The lowest BCUT2D eigenvalue weighted by atomic mass is 9.76. The molecule has 0 aromatic heterocycles. The number of amides is 3. The molecule has 11 heteroatoms. The summed E-state index contributed by atoms with van der Waals surface area (Å²) in [4.78, 5) is 56.5. The van der Waals surface area contributed by atoms with Crippen molar-refractivity contribution in [3.8, 4) is 11.5 Å². The fraction of sp³-hybridized carbons (Fsp3) is 0.543. The number of fused-ring (bicyclic) bond motifs is 2. The molecule has 1 fully saturated rings. The van der Waals surface area contributed by atoms with E-state index in [-0.39, 0.29) is 69.5 Å². The predicted octanol–water partition coefficient (Wildman–Crippen LogP) is 2.95. The number of nitrogens with one attached hydrogen (secondary N) is 2. The summed E-state index contributed by atoms with van der Waals surface area (Å²) in [5.74, 6) is 0.262. The summed E-state index contributed by atoms with van der Waals surface area (Å²) in [5, 5.41) is 5.86. The minimum Gasteiger partial charge on any atom is -0.493 e. The van der Waals surface area contributed by atoms with Gasteiger partial charge in [0.1, 0.15) is 0 Å². The fourth-order valence-corrected chi connectivity index (χ4v) is 5.88. The van der Waals surface area contributed by atoms with E-state index >= 15 is 0 Å². The van der Waals surface area contributed by atoms with Gasteiger partial charge < -0.3 is 29.7 Å². The fourth-order valence-electron chi connectivity index (χ4n) is 5.88. The maximum atomic E-state index is 13.6. The van der Waals surface area contributed by atoms with Crippen molar-refractivity contribution in [1.29, 1.82) is 0 Å². The molecule has 1 atom stereocenters. The number of likely N-dealkylation sites (N-methyl/N-ethyl adjacent to an activating group) is 1. The molecule has 4 rings (SSSR count). The van der Waals surface area contributed by atoms with Crippen LogP contribution in [0.2, 0.25) is 0 Å². The van der Waals surface area contributed by atoms with E-state index in [9.17, 15) is 19.2 Å². The summed E-state index contributed by atoms with van der Waals surface area (Å²) in [5.41, 5.74) is 0.947. The van der Waals surface area contributed by atoms with E-state index in [1.807, 2.05) is 48.3 Å². The van der Waals surface area contributed by atoms with Crippen LogP contribution in [0.25, 0.3) is 0 Å². The number of esters is 1. The Balaban J connectivity index is 1.52. The van der Waals surface area contributed by atoms with Crippen LogP contribution in [0.5, 0.6) is 11.5 Å². The quantitative estimate of drug-likeness (QED) is 0.403. The van der Waals surface area contributed by atoms with E-state index < -0.39 is 5.41 Å². The Morgan fingerprint density at radius 2 is 1.85 bits per heavy atom. The van der Waals surface area contributed by atoms with Gasteiger partial charge in [-0.1, -0.05) is 49.2 Å². The molecular formula is C35H48N4O7. The third-order valence-electron chi connectivity index (χ3n) is 8.43. The van der Waals surface area contributed by atoms with Crippen molar-refractivity contribution >= 4 is 23.7 Å². The summed E-state index contributed by atoms with van der Waals surface area (Å²) in [6.07, 6.45) is 3.62. The zero-order valence-corrected chi connectivity index (χ0v) is 27.3. The Morgan fingerprint density at radius 3 is 2.57 bits per heavy atom. The van der Waals surface area contributed by atoms with Gasteiger partial charge in [0.2, 0.25) is 11.8 Å². The zero-order chi connectivity index (χ0) is 32.9. The van der Waals surface area contributed by atoms with E-state index in [0.29, 0.717) is 49.8 Å². The van der Waals surface area contributed by atoms with Gasteiger partial charge >= 0.3 is 5.97 Å². The number of rotatable bonds is 9. The molecule has 1 aliphatic carbocycles. The second-order valence-corrected chi connectivity index (χ2v) is 12.4. The molecule has 1 saturated carbocycles. The summed E-state index contributed by atoms with van der Waals surface area (Å²) in [6, 6.07) is 15.3. The Kier molecular flexibility index (Phi) is 12.8. The lowest BCUT2D eigenvalue weighted by molar-refractivity contribution is -0.156. The van der Waals surface area contributed by atoms with Gasteiger partial charge in [-0.2, -0.15) is 0 Å². The monoisotopic (exact) mass is 636 g/mol. The van der Waals surface area contributed by atoms with Gasteiger partial charge in [0.05, 0.1) is 25.7 Å². The number of benzene rings is 2. The summed E-state index contributed by atoms with van der Waals surface area (Å²) < 4.78 is 16.9. The highest BCUT2D eigenvalue weighted by Gasteiger charge is 2.44. The molecule has 0 saturated heterocycles. The second kappa shape index (κ2) is 17.0. The zero-order valence-electron chi connectivity index (χ0n) is 27.3. The van der Waals surface area contributed by atoms with Crippen molar-refractivity contribution in [2.24, 2.45) is 11.3 Å². The van der Waals surface area contributed by atoms with Gasteiger partial charge in [0, 0.05) is 39.1 Å². The molecule has 0 spiro atoms. The minimum atomic E-state index is -0.965. The molecule has 2 aliphatic rings. The first-order valence-electron chi connectivity index (χ1n) is 16.2. The van der Waals surface area contributed by atoms with Crippen LogP contribution < -0.4 is 20.1 Å². The van der Waals surface area contributed by atoms with E-state index in [2.05, 4.69) is 10.6 Å². The Labute approximate surface area is 271 Å². The molecule has 2 aromatic carbocycles. The van der Waals surface area contributed by atoms with Crippen molar-refractivity contribution in [3.05, 3.63) is 59.7 Å². The van der Waals surface area contributed by atoms with Crippen LogP contribution in [-0.2, 0) is 36.9 Å². The van der Waals surface area contributed by atoms with Crippen molar-refractivity contribution in [2.75, 3.05) is 60.1 Å². The normalized spacial score (nSPS) is 20.0. The highest BCUT2D eigenvalue weighted by Crippen LogP contribution is 2.43.